The van der Waals surface area contributed by atoms with Crippen LogP contribution in [0, 0.1) is 6.92 Å². The van der Waals surface area contributed by atoms with Crippen molar-refractivity contribution in [3.05, 3.63) is 17.0 Å². The average Bonchev–Trinajstić information content (AvgIpc) is 2.35. The zero-order chi connectivity index (χ0) is 10.1. The highest BCUT2D eigenvalue weighted by molar-refractivity contribution is 5.94. The minimum atomic E-state index is 0.0308. The van der Waals surface area contributed by atoms with Crippen molar-refractivity contribution < 1.29 is 9.59 Å². The molecule has 1 amide bonds. The first-order valence-corrected chi connectivity index (χ1v) is 4.69. The van der Waals surface area contributed by atoms with Gasteiger partial charge in [-0.25, -0.2) is 0 Å². The zero-order valence-corrected chi connectivity index (χ0v) is 8.02. The number of carbonyl (C=O) groups is 2. The van der Waals surface area contributed by atoms with E-state index in [9.17, 15) is 9.59 Å². The minimum absolute atomic E-state index is 0.0308. The van der Waals surface area contributed by atoms with Crippen molar-refractivity contribution in [3.63, 3.8) is 0 Å². The highest BCUT2D eigenvalue weighted by atomic mass is 16.1. The van der Waals surface area contributed by atoms with Gasteiger partial charge in [-0.1, -0.05) is 0 Å². The van der Waals surface area contributed by atoms with Crippen molar-refractivity contribution in [2.45, 2.75) is 26.2 Å². The van der Waals surface area contributed by atoms with Crippen LogP contribution in [0.1, 0.15) is 34.6 Å². The summed E-state index contributed by atoms with van der Waals surface area (Å²) in [5.74, 6) is 0.0308. The Morgan fingerprint density at radius 3 is 2.86 bits per heavy atom. The molecule has 74 valence electrons. The van der Waals surface area contributed by atoms with Gasteiger partial charge in [-0.3, -0.25) is 9.59 Å². The summed E-state index contributed by atoms with van der Waals surface area (Å²) < 4.78 is 0. The third-order valence-electron chi connectivity index (χ3n) is 2.58. The number of aromatic amines is 1. The van der Waals surface area contributed by atoms with E-state index in [2.05, 4.69) is 10.3 Å². The second kappa shape index (κ2) is 3.29. The summed E-state index contributed by atoms with van der Waals surface area (Å²) in [6.45, 7) is 1.84. The van der Waals surface area contributed by atoms with E-state index in [4.69, 9.17) is 0 Å². The molecule has 1 aliphatic rings. The fraction of sp³-hybridized carbons (Fsp3) is 0.400. The number of anilines is 1. The van der Waals surface area contributed by atoms with Gasteiger partial charge in [0.2, 0.25) is 5.91 Å². The van der Waals surface area contributed by atoms with Crippen LogP contribution in [0.25, 0.3) is 0 Å². The minimum Gasteiger partial charge on any atom is -0.354 e. The van der Waals surface area contributed by atoms with E-state index in [-0.39, 0.29) is 5.91 Å². The summed E-state index contributed by atoms with van der Waals surface area (Å²) in [6, 6.07) is 0. The molecular weight excluding hydrogens is 180 g/mol. The summed E-state index contributed by atoms with van der Waals surface area (Å²) >= 11 is 0. The molecule has 0 aliphatic carbocycles. The van der Waals surface area contributed by atoms with Crippen LogP contribution < -0.4 is 5.32 Å². The summed E-state index contributed by atoms with van der Waals surface area (Å²) in [6.07, 6.45) is 2.99. The van der Waals surface area contributed by atoms with E-state index >= 15 is 0 Å². The van der Waals surface area contributed by atoms with Gasteiger partial charge >= 0.3 is 0 Å². The van der Waals surface area contributed by atoms with Gasteiger partial charge in [-0.05, 0) is 19.8 Å². The monoisotopic (exact) mass is 192 g/mol. The van der Waals surface area contributed by atoms with E-state index in [0.717, 1.165) is 36.1 Å². The predicted octanol–water partition coefficient (Wildman–Crippen LogP) is 1.41. The van der Waals surface area contributed by atoms with E-state index in [1.807, 2.05) is 6.92 Å². The standard InChI is InChI=1S/C10H12N2O2/c1-6-8(5-13)11-7-3-2-4-9(14)12-10(6)7/h5,11H,2-4H2,1H3,(H,12,14). The maximum absolute atomic E-state index is 11.3. The molecule has 2 heterocycles. The highest BCUT2D eigenvalue weighted by Crippen LogP contribution is 2.27. The molecule has 1 aromatic heterocycles. The molecule has 1 aliphatic heterocycles. The quantitative estimate of drug-likeness (QED) is 0.661. The van der Waals surface area contributed by atoms with Crippen LogP contribution in [0.4, 0.5) is 5.69 Å². The number of aromatic nitrogens is 1. The molecule has 0 bridgehead atoms. The van der Waals surface area contributed by atoms with Crippen molar-refractivity contribution in [1.82, 2.24) is 4.98 Å². The van der Waals surface area contributed by atoms with Crippen molar-refractivity contribution in [1.29, 1.82) is 0 Å². The van der Waals surface area contributed by atoms with Crippen LogP contribution in [-0.2, 0) is 11.2 Å². The van der Waals surface area contributed by atoms with Crippen LogP contribution in [0.15, 0.2) is 0 Å². The number of H-pyrrole nitrogens is 1. The maximum Gasteiger partial charge on any atom is 0.224 e. The van der Waals surface area contributed by atoms with Gasteiger partial charge in [-0.2, -0.15) is 0 Å². The maximum atomic E-state index is 11.3. The highest BCUT2D eigenvalue weighted by Gasteiger charge is 2.18. The zero-order valence-electron chi connectivity index (χ0n) is 8.02. The van der Waals surface area contributed by atoms with Crippen molar-refractivity contribution >= 4 is 17.9 Å². The number of carbonyl (C=O) groups excluding carboxylic acids is 2. The third kappa shape index (κ3) is 1.32. The lowest BCUT2D eigenvalue weighted by molar-refractivity contribution is -0.116. The Morgan fingerprint density at radius 1 is 1.36 bits per heavy atom. The van der Waals surface area contributed by atoms with Crippen LogP contribution in [0.2, 0.25) is 0 Å². The number of fused-ring (bicyclic) bond motifs is 1. The molecule has 0 spiro atoms. The average molecular weight is 192 g/mol. The van der Waals surface area contributed by atoms with Crippen LogP contribution in [-0.4, -0.2) is 17.2 Å². The first-order valence-electron chi connectivity index (χ1n) is 4.69. The summed E-state index contributed by atoms with van der Waals surface area (Å²) in [4.78, 5) is 25.0. The molecule has 14 heavy (non-hydrogen) atoms. The Bertz CT molecular complexity index is 393. The lowest BCUT2D eigenvalue weighted by Crippen LogP contribution is -2.09. The normalized spacial score (nSPS) is 15.6. The number of aldehydes is 1. The number of amides is 1. The van der Waals surface area contributed by atoms with Gasteiger partial charge in [0.25, 0.3) is 0 Å². The SMILES string of the molecule is Cc1c(C=O)[nH]c2c1NC(=O)CCC2. The first kappa shape index (κ1) is 8.99. The first-order chi connectivity index (χ1) is 6.72. The van der Waals surface area contributed by atoms with Crippen molar-refractivity contribution in [3.8, 4) is 0 Å². The van der Waals surface area contributed by atoms with Gasteiger partial charge in [0.15, 0.2) is 6.29 Å². The molecule has 0 atom stereocenters. The lowest BCUT2D eigenvalue weighted by atomic mass is 10.2. The Kier molecular flexibility index (Phi) is 2.11. The topological polar surface area (TPSA) is 62.0 Å². The molecule has 0 radical (unpaired) electrons. The summed E-state index contributed by atoms with van der Waals surface area (Å²) in [5.41, 5.74) is 3.17. The smallest absolute Gasteiger partial charge is 0.224 e. The Hall–Kier alpha value is -1.58. The molecule has 4 heteroatoms. The molecule has 0 aromatic carbocycles. The van der Waals surface area contributed by atoms with Crippen molar-refractivity contribution in [2.75, 3.05) is 5.32 Å². The lowest BCUT2D eigenvalue weighted by Gasteiger charge is -2.01. The van der Waals surface area contributed by atoms with Crippen molar-refractivity contribution in [2.24, 2.45) is 0 Å². The van der Waals surface area contributed by atoms with E-state index < -0.39 is 0 Å². The second-order valence-electron chi connectivity index (χ2n) is 3.54. The van der Waals surface area contributed by atoms with E-state index in [1.165, 1.54) is 0 Å². The molecule has 0 saturated heterocycles. The number of hydrogen-bond acceptors (Lipinski definition) is 2. The molecule has 0 unspecified atom stereocenters. The number of rotatable bonds is 1. The molecule has 4 nitrogen and oxygen atoms in total. The Labute approximate surface area is 81.7 Å². The molecule has 2 N–H and O–H groups in total. The number of hydrogen-bond donors (Lipinski definition) is 2. The van der Waals surface area contributed by atoms with E-state index in [0.29, 0.717) is 12.1 Å². The van der Waals surface area contributed by atoms with E-state index in [1.54, 1.807) is 0 Å². The predicted molar refractivity (Wildman–Crippen MR) is 52.5 cm³/mol. The van der Waals surface area contributed by atoms with Gasteiger partial charge in [-0.15, -0.1) is 0 Å². The summed E-state index contributed by atoms with van der Waals surface area (Å²) in [7, 11) is 0. The second-order valence-corrected chi connectivity index (χ2v) is 3.54. The molecule has 1 aromatic rings. The molecule has 0 fully saturated rings. The summed E-state index contributed by atoms with van der Waals surface area (Å²) in [5, 5.41) is 2.82. The van der Waals surface area contributed by atoms with Gasteiger partial charge < -0.3 is 10.3 Å². The fourth-order valence-corrected chi connectivity index (χ4v) is 1.78. The van der Waals surface area contributed by atoms with Crippen LogP contribution in [0.5, 0.6) is 0 Å². The fourth-order valence-electron chi connectivity index (χ4n) is 1.78. The molecule has 2 rings (SSSR count). The van der Waals surface area contributed by atoms with Crippen LogP contribution >= 0.6 is 0 Å². The van der Waals surface area contributed by atoms with Gasteiger partial charge in [0, 0.05) is 17.7 Å². The Balaban J connectivity index is 2.47. The van der Waals surface area contributed by atoms with Gasteiger partial charge in [0.1, 0.15) is 0 Å². The third-order valence-corrected chi connectivity index (χ3v) is 2.58. The molecule has 0 saturated carbocycles. The molecular formula is C10H12N2O2. The van der Waals surface area contributed by atoms with Gasteiger partial charge in [0.05, 0.1) is 11.4 Å². The number of aryl methyl sites for hydroxylation is 1. The number of nitrogens with one attached hydrogen (secondary N) is 2. The van der Waals surface area contributed by atoms with Crippen LogP contribution in [0.3, 0.4) is 0 Å². The Morgan fingerprint density at radius 2 is 2.14 bits per heavy atom. The largest absolute Gasteiger partial charge is 0.354 e.